The predicted octanol–water partition coefficient (Wildman–Crippen LogP) is 2.85. The van der Waals surface area contributed by atoms with Gasteiger partial charge in [-0.3, -0.25) is 0 Å². The van der Waals surface area contributed by atoms with Crippen LogP contribution in [0.4, 0.5) is 0 Å². The van der Waals surface area contributed by atoms with Crippen LogP contribution in [0.15, 0.2) is 12.3 Å². The molecule has 1 heterocycles. The summed E-state index contributed by atoms with van der Waals surface area (Å²) < 4.78 is 1.35. The summed E-state index contributed by atoms with van der Waals surface area (Å²) in [4.78, 5) is 0. The Morgan fingerprint density at radius 3 is 2.83 bits per heavy atom. The highest BCUT2D eigenvalue weighted by atomic mass is 79.9. The monoisotopic (exact) mass is 248 g/mol. The summed E-state index contributed by atoms with van der Waals surface area (Å²) in [5, 5.41) is 4.19. The minimum atomic E-state index is -0.486. The lowest BCUT2D eigenvalue weighted by Crippen LogP contribution is -2.24. The molecule has 0 amide bonds. The summed E-state index contributed by atoms with van der Waals surface area (Å²) in [5.74, 6) is 0.526. The quantitative estimate of drug-likeness (QED) is 0.737. The van der Waals surface area contributed by atoms with Crippen LogP contribution in [-0.2, 0) is 3.91 Å². The average molecular weight is 250 g/mol. The number of aryl methyl sites for hydroxylation is 1. The topological polar surface area (TPSA) is 17.8 Å². The van der Waals surface area contributed by atoms with E-state index in [0.29, 0.717) is 5.92 Å². The fourth-order valence-electron chi connectivity index (χ4n) is 1.29. The molecule has 4 heteroatoms. The third kappa shape index (κ3) is 1.29. The van der Waals surface area contributed by atoms with Crippen LogP contribution < -0.4 is 0 Å². The van der Waals surface area contributed by atoms with Gasteiger partial charge >= 0.3 is 0 Å². The zero-order valence-electron chi connectivity index (χ0n) is 6.80. The van der Waals surface area contributed by atoms with E-state index in [1.165, 1.54) is 12.8 Å². The molecule has 12 heavy (non-hydrogen) atoms. The number of hydrogen-bond acceptors (Lipinski definition) is 1. The van der Waals surface area contributed by atoms with Crippen LogP contribution in [-0.4, -0.2) is 9.78 Å². The first-order valence-electron chi connectivity index (χ1n) is 4.01. The summed E-state index contributed by atoms with van der Waals surface area (Å²) in [5.41, 5.74) is 1.09. The molecule has 0 N–H and O–H groups in total. The summed E-state index contributed by atoms with van der Waals surface area (Å²) in [7, 11) is 0. The van der Waals surface area contributed by atoms with Crippen LogP contribution in [0.2, 0.25) is 0 Å². The van der Waals surface area contributed by atoms with E-state index >= 15 is 0 Å². The van der Waals surface area contributed by atoms with Gasteiger partial charge < -0.3 is 0 Å². The second-order valence-corrected chi connectivity index (χ2v) is 5.49. The largest absolute Gasteiger partial charge is 0.238 e. The van der Waals surface area contributed by atoms with Crippen molar-refractivity contribution in [1.29, 1.82) is 0 Å². The minimum Gasteiger partial charge on any atom is -0.238 e. The fraction of sp³-hybridized carbons (Fsp3) is 0.625. The highest BCUT2D eigenvalue weighted by molar-refractivity contribution is 9.10. The molecule has 1 saturated carbocycles. The molecule has 2 rings (SSSR count). The van der Waals surface area contributed by atoms with Gasteiger partial charge in [0, 0.05) is 17.8 Å². The molecular formula is C8H10BrClN2. The lowest BCUT2D eigenvalue weighted by atomic mass is 10.4. The van der Waals surface area contributed by atoms with Crippen molar-refractivity contribution >= 4 is 27.5 Å². The van der Waals surface area contributed by atoms with E-state index in [9.17, 15) is 0 Å². The molecule has 2 nitrogen and oxygen atoms in total. The molecule has 0 aliphatic heterocycles. The van der Waals surface area contributed by atoms with Gasteiger partial charge in [-0.1, -0.05) is 11.6 Å². The molecule has 1 aromatic rings. The minimum absolute atomic E-state index is 0.486. The van der Waals surface area contributed by atoms with E-state index in [1.807, 2.05) is 17.7 Å². The van der Waals surface area contributed by atoms with Gasteiger partial charge in [0.2, 0.25) is 0 Å². The number of rotatable bonds is 2. The van der Waals surface area contributed by atoms with Crippen LogP contribution in [0, 0.1) is 12.8 Å². The van der Waals surface area contributed by atoms with Crippen molar-refractivity contribution in [3.63, 3.8) is 0 Å². The summed E-state index contributed by atoms with van der Waals surface area (Å²) in [6, 6.07) is 1.96. The predicted molar refractivity (Wildman–Crippen MR) is 52.4 cm³/mol. The Hall–Kier alpha value is -0.0200. The van der Waals surface area contributed by atoms with Crippen molar-refractivity contribution in [3.05, 3.63) is 18.0 Å². The summed E-state index contributed by atoms with van der Waals surface area (Å²) in [6.07, 6.45) is 4.15. The van der Waals surface area contributed by atoms with Gasteiger partial charge in [0.25, 0.3) is 0 Å². The second kappa shape index (κ2) is 2.74. The maximum atomic E-state index is 6.32. The third-order valence-corrected chi connectivity index (χ3v) is 3.64. The molecule has 1 unspecified atom stereocenters. The molecule has 1 atom stereocenters. The van der Waals surface area contributed by atoms with Gasteiger partial charge in [0.15, 0.2) is 3.91 Å². The SMILES string of the molecule is Cc1ccnn1C(Cl)(Br)C1CC1. The molecule has 0 spiro atoms. The molecular weight excluding hydrogens is 239 g/mol. The number of alkyl halides is 2. The lowest BCUT2D eigenvalue weighted by molar-refractivity contribution is 0.487. The van der Waals surface area contributed by atoms with Gasteiger partial charge in [-0.15, -0.1) is 0 Å². The standard InChI is InChI=1S/C8H10BrClN2/c1-6-4-5-11-12(6)8(9,10)7-2-3-7/h4-5,7H,2-3H2,1H3. The Morgan fingerprint density at radius 1 is 1.75 bits per heavy atom. The van der Waals surface area contributed by atoms with Gasteiger partial charge in [-0.25, -0.2) is 4.68 Å². The number of halogens is 2. The zero-order valence-corrected chi connectivity index (χ0v) is 9.14. The number of aromatic nitrogens is 2. The normalized spacial score (nSPS) is 22.2. The molecule has 66 valence electrons. The van der Waals surface area contributed by atoms with E-state index in [4.69, 9.17) is 11.6 Å². The maximum Gasteiger partial charge on any atom is 0.193 e. The molecule has 0 aromatic carbocycles. The van der Waals surface area contributed by atoms with E-state index in [0.717, 1.165) is 5.69 Å². The van der Waals surface area contributed by atoms with Crippen molar-refractivity contribution in [2.75, 3.05) is 0 Å². The van der Waals surface area contributed by atoms with E-state index in [1.54, 1.807) is 6.20 Å². The van der Waals surface area contributed by atoms with Crippen LogP contribution in [0.5, 0.6) is 0 Å². The molecule has 0 saturated heterocycles. The maximum absolute atomic E-state index is 6.32. The molecule has 0 radical (unpaired) electrons. The fourth-order valence-corrected chi connectivity index (χ4v) is 2.51. The van der Waals surface area contributed by atoms with Gasteiger partial charge in [-0.05, 0) is 41.8 Å². The van der Waals surface area contributed by atoms with E-state index in [-0.39, 0.29) is 0 Å². The number of nitrogens with zero attached hydrogens (tertiary/aromatic N) is 2. The zero-order chi connectivity index (χ0) is 8.77. The first kappa shape index (κ1) is 8.57. The molecule has 1 aromatic heterocycles. The van der Waals surface area contributed by atoms with E-state index < -0.39 is 3.91 Å². The van der Waals surface area contributed by atoms with Crippen LogP contribution in [0.1, 0.15) is 18.5 Å². The summed E-state index contributed by atoms with van der Waals surface area (Å²) in [6.45, 7) is 2.01. The average Bonchev–Trinajstić information content (AvgIpc) is 2.75. The van der Waals surface area contributed by atoms with Crippen molar-refractivity contribution in [3.8, 4) is 0 Å². The lowest BCUT2D eigenvalue weighted by Gasteiger charge is -2.21. The Balaban J connectivity index is 2.33. The number of hydrogen-bond donors (Lipinski definition) is 0. The van der Waals surface area contributed by atoms with E-state index in [2.05, 4.69) is 21.0 Å². The Morgan fingerprint density at radius 2 is 2.42 bits per heavy atom. The molecule has 1 fully saturated rings. The van der Waals surface area contributed by atoms with Crippen LogP contribution in [0.25, 0.3) is 0 Å². The Bertz CT molecular complexity index is 291. The highest BCUT2D eigenvalue weighted by Gasteiger charge is 2.44. The van der Waals surface area contributed by atoms with Gasteiger partial charge in [0.1, 0.15) is 0 Å². The van der Waals surface area contributed by atoms with Crippen molar-refractivity contribution in [1.82, 2.24) is 9.78 Å². The Labute approximate surface area is 85.0 Å². The van der Waals surface area contributed by atoms with Crippen LogP contribution >= 0.6 is 27.5 Å². The summed E-state index contributed by atoms with van der Waals surface area (Å²) >= 11 is 9.84. The third-order valence-electron chi connectivity index (χ3n) is 2.18. The molecule has 1 aliphatic rings. The smallest absolute Gasteiger partial charge is 0.193 e. The highest BCUT2D eigenvalue weighted by Crippen LogP contribution is 2.51. The van der Waals surface area contributed by atoms with Gasteiger partial charge in [-0.2, -0.15) is 5.10 Å². The van der Waals surface area contributed by atoms with Crippen molar-refractivity contribution < 1.29 is 0 Å². The second-order valence-electron chi connectivity index (χ2n) is 3.25. The first-order chi connectivity index (χ1) is 5.62. The Kier molecular flexibility index (Phi) is 1.96. The van der Waals surface area contributed by atoms with Gasteiger partial charge in [0.05, 0.1) is 0 Å². The van der Waals surface area contributed by atoms with Crippen molar-refractivity contribution in [2.24, 2.45) is 5.92 Å². The molecule has 0 bridgehead atoms. The first-order valence-corrected chi connectivity index (χ1v) is 5.18. The van der Waals surface area contributed by atoms with Crippen LogP contribution in [0.3, 0.4) is 0 Å². The molecule has 1 aliphatic carbocycles. The van der Waals surface area contributed by atoms with Crippen molar-refractivity contribution in [2.45, 2.75) is 23.7 Å².